The van der Waals surface area contributed by atoms with E-state index in [2.05, 4.69) is 5.32 Å². The van der Waals surface area contributed by atoms with Crippen molar-refractivity contribution in [3.63, 3.8) is 0 Å². The molecule has 0 radical (unpaired) electrons. The minimum atomic E-state index is -1.11. The maximum Gasteiger partial charge on any atom is 0.338 e. The van der Waals surface area contributed by atoms with Crippen LogP contribution in [0.15, 0.2) is 24.3 Å². The summed E-state index contributed by atoms with van der Waals surface area (Å²) in [6.07, 6.45) is -1.11. The minimum Gasteiger partial charge on any atom is -0.449 e. The maximum atomic E-state index is 12.1. The van der Waals surface area contributed by atoms with Crippen LogP contribution < -0.4 is 5.32 Å². The lowest BCUT2D eigenvalue weighted by Gasteiger charge is -2.28. The zero-order valence-corrected chi connectivity index (χ0v) is 13.9. The Labute approximate surface area is 139 Å². The van der Waals surface area contributed by atoms with Gasteiger partial charge in [0.25, 0.3) is 11.6 Å². The summed E-state index contributed by atoms with van der Waals surface area (Å²) in [6, 6.07) is 6.87. The summed E-state index contributed by atoms with van der Waals surface area (Å²) in [5, 5.41) is 22.3. The molecule has 0 aromatic heterocycles. The fourth-order valence-corrected chi connectivity index (χ4v) is 1.66. The Hall–Kier alpha value is -2.95. The Morgan fingerprint density at radius 1 is 1.29 bits per heavy atom. The second-order valence-electron chi connectivity index (χ2n) is 5.81. The van der Waals surface area contributed by atoms with Gasteiger partial charge in [-0.05, 0) is 31.9 Å². The summed E-state index contributed by atoms with van der Waals surface area (Å²) in [7, 11) is 0. The molecule has 24 heavy (non-hydrogen) atoms. The van der Waals surface area contributed by atoms with E-state index in [1.165, 1.54) is 31.2 Å². The number of hydrogen-bond donors (Lipinski definition) is 1. The van der Waals surface area contributed by atoms with Crippen LogP contribution in [-0.2, 0) is 9.53 Å². The summed E-state index contributed by atoms with van der Waals surface area (Å²) in [5.74, 6) is -1.51. The third-order valence-corrected chi connectivity index (χ3v) is 3.74. The van der Waals surface area contributed by atoms with Crippen molar-refractivity contribution in [1.82, 2.24) is 5.32 Å². The standard InChI is InChI=1S/C16H19N3O5/c1-10(2)16(4,9-17)18-14(20)11(3)24-15(21)12-5-7-13(8-6-12)19(22)23/h5-8,10-11H,1-4H3,(H,18,20)/t11-,16+/m1/s1. The summed E-state index contributed by atoms with van der Waals surface area (Å²) in [5.41, 5.74) is -1.14. The molecule has 0 aliphatic carbocycles. The number of ether oxygens (including phenoxy) is 1. The average Bonchev–Trinajstić information content (AvgIpc) is 2.54. The Balaban J connectivity index is 2.74. The zero-order valence-electron chi connectivity index (χ0n) is 13.9. The molecule has 128 valence electrons. The van der Waals surface area contributed by atoms with Crippen molar-refractivity contribution in [3.8, 4) is 6.07 Å². The van der Waals surface area contributed by atoms with Crippen molar-refractivity contribution in [3.05, 3.63) is 39.9 Å². The van der Waals surface area contributed by atoms with Gasteiger partial charge in [0.15, 0.2) is 6.10 Å². The molecule has 0 spiro atoms. The predicted molar refractivity (Wildman–Crippen MR) is 85.0 cm³/mol. The van der Waals surface area contributed by atoms with Crippen LogP contribution in [0.5, 0.6) is 0 Å². The first-order valence-corrected chi connectivity index (χ1v) is 7.29. The third kappa shape index (κ3) is 4.52. The molecule has 0 saturated carbocycles. The van der Waals surface area contributed by atoms with E-state index in [1.807, 2.05) is 6.07 Å². The first kappa shape index (κ1) is 19.1. The number of benzene rings is 1. The molecule has 0 fully saturated rings. The minimum absolute atomic E-state index is 0.0900. The SMILES string of the molecule is CC(C)[C@](C)(C#N)NC(=O)[C@@H](C)OC(=O)c1ccc([N+](=O)[O-])cc1. The van der Waals surface area contributed by atoms with E-state index in [-0.39, 0.29) is 17.2 Å². The molecule has 0 unspecified atom stereocenters. The highest BCUT2D eigenvalue weighted by Gasteiger charge is 2.32. The van der Waals surface area contributed by atoms with Gasteiger partial charge in [-0.1, -0.05) is 13.8 Å². The highest BCUT2D eigenvalue weighted by molar-refractivity contribution is 5.92. The number of carbonyl (C=O) groups is 2. The molecule has 0 bridgehead atoms. The molecule has 1 rings (SSSR count). The van der Waals surface area contributed by atoms with E-state index in [0.29, 0.717) is 0 Å². The summed E-state index contributed by atoms with van der Waals surface area (Å²) in [4.78, 5) is 34.1. The number of nitriles is 1. The van der Waals surface area contributed by atoms with Crippen LogP contribution in [0.4, 0.5) is 5.69 Å². The molecule has 1 aromatic rings. The average molecular weight is 333 g/mol. The van der Waals surface area contributed by atoms with Crippen LogP contribution in [0.2, 0.25) is 0 Å². The van der Waals surface area contributed by atoms with Crippen molar-refractivity contribution in [2.45, 2.75) is 39.3 Å². The molecule has 0 aliphatic rings. The van der Waals surface area contributed by atoms with Gasteiger partial charge in [-0.3, -0.25) is 14.9 Å². The van der Waals surface area contributed by atoms with Gasteiger partial charge in [0.2, 0.25) is 0 Å². The van der Waals surface area contributed by atoms with E-state index in [9.17, 15) is 25.0 Å². The van der Waals surface area contributed by atoms with E-state index in [4.69, 9.17) is 4.74 Å². The van der Waals surface area contributed by atoms with Crippen LogP contribution in [-0.4, -0.2) is 28.4 Å². The summed E-state index contributed by atoms with van der Waals surface area (Å²) >= 11 is 0. The number of non-ortho nitro benzene ring substituents is 1. The largest absolute Gasteiger partial charge is 0.449 e. The first-order valence-electron chi connectivity index (χ1n) is 7.29. The Morgan fingerprint density at radius 2 is 1.83 bits per heavy atom. The van der Waals surface area contributed by atoms with Crippen molar-refractivity contribution in [2.75, 3.05) is 0 Å². The third-order valence-electron chi connectivity index (χ3n) is 3.74. The number of nitro groups is 1. The number of rotatable bonds is 6. The molecule has 8 heteroatoms. The molecule has 0 aliphatic heterocycles. The van der Waals surface area contributed by atoms with E-state index in [1.54, 1.807) is 20.8 Å². The summed E-state index contributed by atoms with van der Waals surface area (Å²) < 4.78 is 5.04. The molecule has 0 saturated heterocycles. The monoisotopic (exact) mass is 333 g/mol. The molecule has 1 amide bonds. The zero-order chi connectivity index (χ0) is 18.5. The van der Waals surface area contributed by atoms with Crippen LogP contribution >= 0.6 is 0 Å². The maximum absolute atomic E-state index is 12.1. The molecule has 2 atom stereocenters. The lowest BCUT2D eigenvalue weighted by Crippen LogP contribution is -2.52. The highest BCUT2D eigenvalue weighted by atomic mass is 16.6. The van der Waals surface area contributed by atoms with Gasteiger partial charge >= 0.3 is 5.97 Å². The topological polar surface area (TPSA) is 122 Å². The number of hydrogen-bond acceptors (Lipinski definition) is 6. The van der Waals surface area contributed by atoms with E-state index in [0.717, 1.165) is 0 Å². The Morgan fingerprint density at radius 3 is 2.25 bits per heavy atom. The van der Waals surface area contributed by atoms with Crippen LogP contribution in [0.1, 0.15) is 38.1 Å². The fourth-order valence-electron chi connectivity index (χ4n) is 1.66. The van der Waals surface area contributed by atoms with Gasteiger partial charge in [0.05, 0.1) is 16.6 Å². The van der Waals surface area contributed by atoms with Gasteiger partial charge in [0.1, 0.15) is 5.54 Å². The number of nitrogens with one attached hydrogen (secondary N) is 1. The van der Waals surface area contributed by atoms with E-state index >= 15 is 0 Å². The number of nitro benzene ring substituents is 1. The van der Waals surface area contributed by atoms with Crippen molar-refractivity contribution in [2.24, 2.45) is 5.92 Å². The van der Waals surface area contributed by atoms with Crippen molar-refractivity contribution in [1.29, 1.82) is 5.26 Å². The van der Waals surface area contributed by atoms with Crippen LogP contribution in [0, 0.1) is 27.4 Å². The highest BCUT2D eigenvalue weighted by Crippen LogP contribution is 2.16. The summed E-state index contributed by atoms with van der Waals surface area (Å²) in [6.45, 7) is 6.55. The number of carbonyl (C=O) groups excluding carboxylic acids is 2. The number of nitrogens with zero attached hydrogens (tertiary/aromatic N) is 2. The molecule has 0 heterocycles. The number of esters is 1. The second-order valence-corrected chi connectivity index (χ2v) is 5.81. The van der Waals surface area contributed by atoms with Crippen LogP contribution in [0.25, 0.3) is 0 Å². The lowest BCUT2D eigenvalue weighted by molar-refractivity contribution is -0.384. The van der Waals surface area contributed by atoms with Gasteiger partial charge in [0, 0.05) is 12.1 Å². The first-order chi connectivity index (χ1) is 11.1. The Kier molecular flexibility index (Phi) is 6.01. The molecule has 1 N–H and O–H groups in total. The van der Waals surface area contributed by atoms with Crippen molar-refractivity contribution >= 4 is 17.6 Å². The fraction of sp³-hybridized carbons (Fsp3) is 0.438. The molecule has 1 aromatic carbocycles. The molecular weight excluding hydrogens is 314 g/mol. The quantitative estimate of drug-likeness (QED) is 0.483. The second kappa shape index (κ2) is 7.55. The van der Waals surface area contributed by atoms with E-state index < -0.39 is 28.4 Å². The normalized spacial score (nSPS) is 14.2. The number of amides is 1. The Bertz CT molecular complexity index is 678. The smallest absolute Gasteiger partial charge is 0.338 e. The van der Waals surface area contributed by atoms with Gasteiger partial charge in [-0.2, -0.15) is 5.26 Å². The van der Waals surface area contributed by atoms with Gasteiger partial charge in [-0.25, -0.2) is 4.79 Å². The molecule has 8 nitrogen and oxygen atoms in total. The predicted octanol–water partition coefficient (Wildman–Crippen LogP) is 2.19. The van der Waals surface area contributed by atoms with Crippen molar-refractivity contribution < 1.29 is 19.2 Å². The van der Waals surface area contributed by atoms with Gasteiger partial charge < -0.3 is 10.1 Å². The molecular formula is C16H19N3O5. The lowest BCUT2D eigenvalue weighted by atomic mass is 9.90. The van der Waals surface area contributed by atoms with Gasteiger partial charge in [-0.15, -0.1) is 0 Å². The van der Waals surface area contributed by atoms with Crippen LogP contribution in [0.3, 0.4) is 0 Å².